The monoisotopic (exact) mass is 318 g/mol. The molecule has 3 rings (SSSR count). The third-order valence-electron chi connectivity index (χ3n) is 3.56. The highest BCUT2D eigenvalue weighted by Crippen LogP contribution is 2.28. The van der Waals surface area contributed by atoms with Gasteiger partial charge in [-0.15, -0.1) is 11.3 Å². The number of hydrogen-bond acceptors (Lipinski definition) is 5. The number of amides is 1. The van der Waals surface area contributed by atoms with Crippen LogP contribution in [-0.4, -0.2) is 33.5 Å². The Morgan fingerprint density at radius 2 is 2.45 bits per heavy atom. The molecule has 2 aromatic rings. The van der Waals surface area contributed by atoms with Crippen LogP contribution < -0.4 is 5.32 Å². The number of hydrogen-bond donors (Lipinski definition) is 1. The van der Waals surface area contributed by atoms with Gasteiger partial charge in [0.1, 0.15) is 5.71 Å². The summed E-state index contributed by atoms with van der Waals surface area (Å²) in [7, 11) is 0. The second-order valence-electron chi connectivity index (χ2n) is 5.39. The van der Waals surface area contributed by atoms with Crippen LogP contribution in [0, 0.1) is 0 Å². The van der Waals surface area contributed by atoms with E-state index in [9.17, 15) is 4.79 Å². The summed E-state index contributed by atoms with van der Waals surface area (Å²) < 4.78 is 1.85. The van der Waals surface area contributed by atoms with Gasteiger partial charge in [-0.1, -0.05) is 11.2 Å². The molecule has 1 aliphatic rings. The molecule has 2 aromatic heterocycles. The van der Waals surface area contributed by atoms with Crippen molar-refractivity contribution in [2.24, 2.45) is 5.16 Å². The van der Waals surface area contributed by atoms with Gasteiger partial charge in [-0.25, -0.2) is 0 Å². The zero-order valence-electron chi connectivity index (χ0n) is 12.4. The quantitative estimate of drug-likeness (QED) is 0.829. The Morgan fingerprint density at radius 1 is 1.55 bits per heavy atom. The number of aromatic nitrogens is 2. The summed E-state index contributed by atoms with van der Waals surface area (Å²) in [6.07, 6.45) is 4.97. The van der Waals surface area contributed by atoms with Crippen LogP contribution in [0.4, 0.5) is 0 Å². The SMILES string of the molecule is C[C@]1(C(=O)NCCCn2cccn2)CC(c2cccs2)=NO1. The van der Waals surface area contributed by atoms with Crippen LogP contribution in [0.5, 0.6) is 0 Å². The number of carbonyl (C=O) groups excluding carboxylic acids is 1. The number of carbonyl (C=O) groups is 1. The summed E-state index contributed by atoms with van der Waals surface area (Å²) in [5.74, 6) is -0.122. The number of rotatable bonds is 6. The van der Waals surface area contributed by atoms with Crippen LogP contribution in [0.3, 0.4) is 0 Å². The van der Waals surface area contributed by atoms with Crippen molar-refractivity contribution >= 4 is 23.0 Å². The molecule has 1 amide bonds. The Morgan fingerprint density at radius 3 is 3.18 bits per heavy atom. The number of nitrogens with one attached hydrogen (secondary N) is 1. The van der Waals surface area contributed by atoms with Gasteiger partial charge < -0.3 is 10.2 Å². The van der Waals surface area contributed by atoms with Crippen molar-refractivity contribution in [3.05, 3.63) is 40.8 Å². The van der Waals surface area contributed by atoms with Crippen molar-refractivity contribution in [2.75, 3.05) is 6.54 Å². The lowest BCUT2D eigenvalue weighted by Crippen LogP contribution is -2.45. The van der Waals surface area contributed by atoms with Gasteiger partial charge in [0.15, 0.2) is 0 Å². The van der Waals surface area contributed by atoms with Gasteiger partial charge in [-0.05, 0) is 30.9 Å². The zero-order valence-corrected chi connectivity index (χ0v) is 13.2. The fourth-order valence-electron chi connectivity index (χ4n) is 2.30. The molecular weight excluding hydrogens is 300 g/mol. The van der Waals surface area contributed by atoms with Gasteiger partial charge in [0.2, 0.25) is 5.60 Å². The molecule has 0 aliphatic carbocycles. The third-order valence-corrected chi connectivity index (χ3v) is 4.48. The van der Waals surface area contributed by atoms with E-state index >= 15 is 0 Å². The fraction of sp³-hybridized carbons (Fsp3) is 0.400. The topological polar surface area (TPSA) is 68.5 Å². The molecule has 1 atom stereocenters. The Bertz CT molecular complexity index is 651. The van der Waals surface area contributed by atoms with Crippen molar-refractivity contribution < 1.29 is 9.63 Å². The minimum atomic E-state index is -0.912. The molecule has 116 valence electrons. The van der Waals surface area contributed by atoms with Crippen molar-refractivity contribution in [1.29, 1.82) is 0 Å². The summed E-state index contributed by atoms with van der Waals surface area (Å²) >= 11 is 1.60. The maximum absolute atomic E-state index is 12.3. The number of nitrogens with zero attached hydrogens (tertiary/aromatic N) is 3. The minimum Gasteiger partial charge on any atom is -0.379 e. The second kappa shape index (κ2) is 6.31. The highest BCUT2D eigenvalue weighted by Gasteiger charge is 2.42. The molecule has 6 nitrogen and oxygen atoms in total. The van der Waals surface area contributed by atoms with Crippen molar-refractivity contribution in [3.8, 4) is 0 Å². The average molecular weight is 318 g/mol. The maximum atomic E-state index is 12.3. The Hall–Kier alpha value is -2.15. The largest absolute Gasteiger partial charge is 0.379 e. The standard InChI is InChI=1S/C15H18N4O2S/c1-15(11-12(18-21-15)13-5-2-10-22-13)14(20)16-6-3-8-19-9-4-7-17-19/h2,4-5,7,9-10H,3,6,8,11H2,1H3,(H,16,20)/t15-/m1/s1. The minimum absolute atomic E-state index is 0.122. The summed E-state index contributed by atoms with van der Waals surface area (Å²) in [6.45, 7) is 3.15. The number of oxime groups is 1. The maximum Gasteiger partial charge on any atom is 0.267 e. The average Bonchev–Trinajstić information content (AvgIpc) is 3.24. The van der Waals surface area contributed by atoms with Crippen LogP contribution in [0.2, 0.25) is 0 Å². The van der Waals surface area contributed by atoms with E-state index in [1.54, 1.807) is 24.5 Å². The molecule has 0 saturated carbocycles. The van der Waals surface area contributed by atoms with E-state index in [0.717, 1.165) is 23.6 Å². The van der Waals surface area contributed by atoms with Crippen molar-refractivity contribution in [2.45, 2.75) is 31.9 Å². The molecule has 0 aromatic carbocycles. The summed E-state index contributed by atoms with van der Waals surface area (Å²) in [6, 6.07) is 5.84. The van der Waals surface area contributed by atoms with Gasteiger partial charge in [0, 0.05) is 31.9 Å². The Balaban J connectivity index is 1.46. The smallest absolute Gasteiger partial charge is 0.267 e. The highest BCUT2D eigenvalue weighted by molar-refractivity contribution is 7.12. The van der Waals surface area contributed by atoms with Gasteiger partial charge >= 0.3 is 0 Å². The van der Waals surface area contributed by atoms with E-state index in [4.69, 9.17) is 4.84 Å². The first-order valence-corrected chi connectivity index (χ1v) is 8.10. The lowest BCUT2D eigenvalue weighted by atomic mass is 9.98. The molecule has 0 radical (unpaired) electrons. The van der Waals surface area contributed by atoms with Crippen LogP contribution in [-0.2, 0) is 16.2 Å². The Kier molecular flexibility index (Phi) is 4.24. The third kappa shape index (κ3) is 3.19. The molecule has 1 aliphatic heterocycles. The van der Waals surface area contributed by atoms with Crippen molar-refractivity contribution in [3.63, 3.8) is 0 Å². The van der Waals surface area contributed by atoms with Crippen LogP contribution >= 0.6 is 11.3 Å². The lowest BCUT2D eigenvalue weighted by Gasteiger charge is -2.20. The van der Waals surface area contributed by atoms with E-state index < -0.39 is 5.60 Å². The number of thiophene rings is 1. The van der Waals surface area contributed by atoms with E-state index in [1.807, 2.05) is 34.5 Å². The molecule has 0 spiro atoms. The van der Waals surface area contributed by atoms with Gasteiger partial charge in [0.05, 0.1) is 4.88 Å². The molecule has 0 saturated heterocycles. The van der Waals surface area contributed by atoms with Crippen LogP contribution in [0.25, 0.3) is 0 Å². The van der Waals surface area contributed by atoms with Gasteiger partial charge in [0.25, 0.3) is 5.91 Å². The van der Waals surface area contributed by atoms with E-state index in [2.05, 4.69) is 15.6 Å². The van der Waals surface area contributed by atoms with Crippen LogP contribution in [0.1, 0.15) is 24.6 Å². The molecule has 0 bridgehead atoms. The molecule has 0 unspecified atom stereocenters. The first kappa shape index (κ1) is 14.8. The first-order chi connectivity index (χ1) is 10.7. The molecule has 0 fully saturated rings. The molecule has 1 N–H and O–H groups in total. The van der Waals surface area contributed by atoms with Crippen molar-refractivity contribution in [1.82, 2.24) is 15.1 Å². The molecule has 3 heterocycles. The van der Waals surface area contributed by atoms with E-state index in [1.165, 1.54) is 0 Å². The normalized spacial score (nSPS) is 20.5. The second-order valence-corrected chi connectivity index (χ2v) is 6.34. The van der Waals surface area contributed by atoms with Crippen LogP contribution in [0.15, 0.2) is 41.1 Å². The summed E-state index contributed by atoms with van der Waals surface area (Å²) in [5.41, 5.74) is -0.0745. The van der Waals surface area contributed by atoms with E-state index in [0.29, 0.717) is 13.0 Å². The highest BCUT2D eigenvalue weighted by atomic mass is 32.1. The molecule has 22 heavy (non-hydrogen) atoms. The zero-order chi connectivity index (χ0) is 15.4. The molecule has 7 heteroatoms. The summed E-state index contributed by atoms with van der Waals surface area (Å²) in [4.78, 5) is 18.8. The predicted octanol–water partition coefficient (Wildman–Crippen LogP) is 2.03. The van der Waals surface area contributed by atoms with E-state index in [-0.39, 0.29) is 5.91 Å². The fourth-order valence-corrected chi connectivity index (χ4v) is 3.01. The lowest BCUT2D eigenvalue weighted by molar-refractivity contribution is -0.141. The van der Waals surface area contributed by atoms with Gasteiger partial charge in [-0.2, -0.15) is 5.10 Å². The number of aryl methyl sites for hydroxylation is 1. The summed E-state index contributed by atoms with van der Waals surface area (Å²) in [5, 5.41) is 13.1. The molecular formula is C15H18N4O2S. The predicted molar refractivity (Wildman–Crippen MR) is 84.8 cm³/mol. The van der Waals surface area contributed by atoms with Gasteiger partial charge in [-0.3, -0.25) is 9.48 Å². The first-order valence-electron chi connectivity index (χ1n) is 7.22. The Labute approximate surface area is 132 Å².